The van der Waals surface area contributed by atoms with E-state index >= 15 is 0 Å². The summed E-state index contributed by atoms with van der Waals surface area (Å²) in [5.74, 6) is 1.13. The number of nitrogens with two attached hydrogens (primary N) is 2. The van der Waals surface area contributed by atoms with Crippen LogP contribution in [0.1, 0.15) is 0 Å². The van der Waals surface area contributed by atoms with Crippen LogP contribution in [0.25, 0.3) is 0 Å². The Kier molecular flexibility index (Phi) is 4.22. The van der Waals surface area contributed by atoms with Gasteiger partial charge < -0.3 is 25.8 Å². The Bertz CT molecular complexity index is 487. The van der Waals surface area contributed by atoms with Gasteiger partial charge in [0.25, 0.3) is 0 Å². The molecule has 0 saturated heterocycles. The zero-order chi connectivity index (χ0) is 12.4. The Balaban J connectivity index is 0.00000162. The topological polar surface area (TPSA) is 110 Å². The lowest BCUT2D eigenvalue weighted by Gasteiger charge is -2.17. The molecule has 98 valence electrons. The molecule has 2 rings (SSSR count). The van der Waals surface area contributed by atoms with Gasteiger partial charge in [-0.2, -0.15) is 4.99 Å². The number of halogens is 1. The molecule has 0 radical (unpaired) electrons. The highest BCUT2D eigenvalue weighted by atomic mass is 35.5. The minimum atomic E-state index is -0.150. The molecule has 18 heavy (non-hydrogen) atoms. The van der Waals surface area contributed by atoms with Crippen LogP contribution in [-0.4, -0.2) is 25.8 Å². The Morgan fingerprint density at radius 2 is 2.00 bits per heavy atom. The number of ether oxygens (including phenoxy) is 2. The third-order valence-corrected chi connectivity index (χ3v) is 2.30. The van der Waals surface area contributed by atoms with Crippen molar-refractivity contribution in [3.05, 3.63) is 18.2 Å². The van der Waals surface area contributed by atoms with E-state index in [1.165, 1.54) is 4.90 Å². The molecular weight excluding hydrogens is 258 g/mol. The van der Waals surface area contributed by atoms with Gasteiger partial charge in [0.05, 0.1) is 0 Å². The summed E-state index contributed by atoms with van der Waals surface area (Å²) < 4.78 is 10.4. The monoisotopic (exact) mass is 271 g/mol. The van der Waals surface area contributed by atoms with Crippen molar-refractivity contribution in [1.29, 1.82) is 5.41 Å². The average Bonchev–Trinajstić information content (AvgIpc) is 2.73. The summed E-state index contributed by atoms with van der Waals surface area (Å²) >= 11 is 0. The van der Waals surface area contributed by atoms with Gasteiger partial charge in [0, 0.05) is 18.8 Å². The number of nitrogens with one attached hydrogen (secondary N) is 1. The normalized spacial score (nSPS) is 11.4. The number of benzene rings is 1. The van der Waals surface area contributed by atoms with Gasteiger partial charge in [-0.25, -0.2) is 0 Å². The number of anilines is 1. The zero-order valence-corrected chi connectivity index (χ0v) is 10.5. The predicted molar refractivity (Wildman–Crippen MR) is 71.8 cm³/mol. The van der Waals surface area contributed by atoms with Crippen LogP contribution >= 0.6 is 12.4 Å². The Morgan fingerprint density at radius 3 is 2.67 bits per heavy atom. The molecule has 7 nitrogen and oxygen atoms in total. The van der Waals surface area contributed by atoms with E-state index in [1.807, 2.05) is 0 Å². The van der Waals surface area contributed by atoms with E-state index in [0.29, 0.717) is 11.5 Å². The van der Waals surface area contributed by atoms with Gasteiger partial charge in [-0.1, -0.05) is 0 Å². The molecule has 5 N–H and O–H groups in total. The Labute approximate surface area is 110 Å². The predicted octanol–water partition coefficient (Wildman–Crippen LogP) is 0.481. The van der Waals surface area contributed by atoms with Crippen LogP contribution < -0.4 is 25.8 Å². The van der Waals surface area contributed by atoms with Gasteiger partial charge in [0.1, 0.15) is 0 Å². The molecule has 1 aliphatic rings. The van der Waals surface area contributed by atoms with Crippen LogP contribution in [0, 0.1) is 5.41 Å². The first kappa shape index (κ1) is 13.9. The number of hydrogen-bond donors (Lipinski definition) is 3. The maximum atomic E-state index is 7.67. The quantitative estimate of drug-likeness (QED) is 0.508. The molecule has 8 heteroatoms. The summed E-state index contributed by atoms with van der Waals surface area (Å²) in [4.78, 5) is 5.19. The number of guanidine groups is 2. The largest absolute Gasteiger partial charge is 0.454 e. The number of hydrogen-bond acceptors (Lipinski definition) is 3. The van der Waals surface area contributed by atoms with Crippen molar-refractivity contribution in [2.24, 2.45) is 16.5 Å². The summed E-state index contributed by atoms with van der Waals surface area (Å²) in [7, 11) is 1.69. The molecule has 0 fully saturated rings. The fraction of sp³-hybridized carbons (Fsp3) is 0.200. The summed E-state index contributed by atoms with van der Waals surface area (Å²) in [6, 6.07) is 5.33. The molecule has 0 saturated carbocycles. The fourth-order valence-corrected chi connectivity index (χ4v) is 1.41. The second-order valence-electron chi connectivity index (χ2n) is 3.46. The molecule has 1 aliphatic heterocycles. The molecular formula is C10H14ClN5O2. The van der Waals surface area contributed by atoms with Crippen molar-refractivity contribution in [1.82, 2.24) is 0 Å². The lowest BCUT2D eigenvalue weighted by molar-refractivity contribution is 0.174. The second kappa shape index (κ2) is 5.46. The molecule has 1 aromatic rings. The van der Waals surface area contributed by atoms with E-state index in [4.69, 9.17) is 26.4 Å². The van der Waals surface area contributed by atoms with Crippen LogP contribution in [0.5, 0.6) is 11.5 Å². The van der Waals surface area contributed by atoms with Crippen LogP contribution in [0.15, 0.2) is 23.2 Å². The van der Waals surface area contributed by atoms with Crippen molar-refractivity contribution < 1.29 is 9.47 Å². The zero-order valence-electron chi connectivity index (χ0n) is 9.71. The van der Waals surface area contributed by atoms with Gasteiger partial charge in [-0.3, -0.25) is 5.41 Å². The first-order valence-electron chi connectivity index (χ1n) is 4.89. The van der Waals surface area contributed by atoms with Crippen molar-refractivity contribution in [3.8, 4) is 11.5 Å². The van der Waals surface area contributed by atoms with E-state index in [0.717, 1.165) is 5.69 Å². The van der Waals surface area contributed by atoms with Gasteiger partial charge in [-0.15, -0.1) is 12.4 Å². The van der Waals surface area contributed by atoms with Crippen LogP contribution in [0.4, 0.5) is 5.69 Å². The molecule has 0 spiro atoms. The standard InChI is InChI=1S/C10H13N5O2.ClH/c1-15(10(13)14-9(11)12)6-2-3-7-8(4-6)17-5-16-7;/h2-4H,5H2,1H3,(H5,11,12,13,14);1H. The first-order valence-corrected chi connectivity index (χ1v) is 4.89. The smallest absolute Gasteiger partial charge is 0.231 e. The minimum Gasteiger partial charge on any atom is -0.454 e. The highest BCUT2D eigenvalue weighted by Crippen LogP contribution is 2.35. The fourth-order valence-electron chi connectivity index (χ4n) is 1.41. The average molecular weight is 272 g/mol. The maximum Gasteiger partial charge on any atom is 0.231 e. The number of fused-ring (bicyclic) bond motifs is 1. The molecule has 0 aromatic heterocycles. The van der Waals surface area contributed by atoms with Gasteiger partial charge in [0.2, 0.25) is 12.8 Å². The summed E-state index contributed by atoms with van der Waals surface area (Å²) in [5, 5.41) is 7.67. The van der Waals surface area contributed by atoms with E-state index in [1.54, 1.807) is 25.2 Å². The lowest BCUT2D eigenvalue weighted by atomic mass is 10.2. The molecule has 0 amide bonds. The van der Waals surface area contributed by atoms with E-state index in [-0.39, 0.29) is 31.1 Å². The van der Waals surface area contributed by atoms with Crippen molar-refractivity contribution in [3.63, 3.8) is 0 Å². The van der Waals surface area contributed by atoms with E-state index in [2.05, 4.69) is 4.99 Å². The maximum absolute atomic E-state index is 7.67. The summed E-state index contributed by atoms with van der Waals surface area (Å²) in [6.45, 7) is 0.216. The van der Waals surface area contributed by atoms with Crippen molar-refractivity contribution in [2.75, 3.05) is 18.7 Å². The minimum absolute atomic E-state index is 0. The van der Waals surface area contributed by atoms with Gasteiger partial charge >= 0.3 is 0 Å². The van der Waals surface area contributed by atoms with E-state index in [9.17, 15) is 0 Å². The Morgan fingerprint density at radius 1 is 1.33 bits per heavy atom. The highest BCUT2D eigenvalue weighted by Gasteiger charge is 2.15. The lowest BCUT2D eigenvalue weighted by Crippen LogP contribution is -2.30. The summed E-state index contributed by atoms with van der Waals surface area (Å²) in [5.41, 5.74) is 11.2. The van der Waals surface area contributed by atoms with Crippen molar-refractivity contribution in [2.45, 2.75) is 0 Å². The number of nitrogens with zero attached hydrogens (tertiary/aromatic N) is 2. The van der Waals surface area contributed by atoms with Crippen molar-refractivity contribution >= 4 is 30.0 Å². The molecule has 1 heterocycles. The van der Waals surface area contributed by atoms with Gasteiger partial charge in [0.15, 0.2) is 17.5 Å². The third-order valence-electron chi connectivity index (χ3n) is 2.30. The molecule has 1 aromatic carbocycles. The second-order valence-corrected chi connectivity index (χ2v) is 3.46. The Hall–Kier alpha value is -2.15. The number of aliphatic imine (C=N–C) groups is 1. The molecule has 0 aliphatic carbocycles. The molecule has 0 unspecified atom stereocenters. The molecule has 0 atom stereocenters. The first-order chi connectivity index (χ1) is 8.08. The third kappa shape index (κ3) is 2.75. The summed E-state index contributed by atoms with van der Waals surface area (Å²) in [6.07, 6.45) is 0. The van der Waals surface area contributed by atoms with Crippen LogP contribution in [0.2, 0.25) is 0 Å². The van der Waals surface area contributed by atoms with Crippen LogP contribution in [-0.2, 0) is 0 Å². The highest BCUT2D eigenvalue weighted by molar-refractivity contribution is 6.00. The SMILES string of the molecule is CN(C(=N)N=C(N)N)c1ccc2c(c1)OCO2.Cl. The molecule has 0 bridgehead atoms. The number of rotatable bonds is 1. The van der Waals surface area contributed by atoms with Gasteiger partial charge in [-0.05, 0) is 12.1 Å². The van der Waals surface area contributed by atoms with E-state index < -0.39 is 0 Å². The van der Waals surface area contributed by atoms with Crippen LogP contribution in [0.3, 0.4) is 0 Å².